The van der Waals surface area contributed by atoms with Crippen molar-refractivity contribution in [2.45, 2.75) is 5.41 Å². The molecule has 0 saturated carbocycles. The average Bonchev–Trinajstić information content (AvgIpc) is 3.72. The van der Waals surface area contributed by atoms with Gasteiger partial charge in [-0.2, -0.15) is 0 Å². The lowest BCUT2D eigenvalue weighted by molar-refractivity contribution is 0.669. The smallest absolute Gasteiger partial charge is 0.135 e. The highest BCUT2D eigenvalue weighted by Crippen LogP contribution is 2.47. The molecule has 11 aromatic rings. The van der Waals surface area contributed by atoms with Gasteiger partial charge in [0.15, 0.2) is 0 Å². The molecule has 0 aliphatic carbocycles. The van der Waals surface area contributed by atoms with Crippen LogP contribution in [0.3, 0.4) is 0 Å². The summed E-state index contributed by atoms with van der Waals surface area (Å²) in [5.74, 6) is 0. The predicted molar refractivity (Wildman–Crippen MR) is 255 cm³/mol. The SMILES string of the molecule is c1ccc(-c2cccc(N(c3ccc4oc5ccccc5c4c3)c3ccc(-c4ccc(C(c5ccccc5)(c5ccccc5)c5ccccc5)cc4)c4ccccc34)c2)cc1. The third kappa shape index (κ3) is 6.29. The van der Waals surface area contributed by atoms with Gasteiger partial charge in [0.1, 0.15) is 11.2 Å². The fourth-order valence-corrected chi connectivity index (χ4v) is 9.43. The summed E-state index contributed by atoms with van der Waals surface area (Å²) in [5.41, 5.74) is 14.1. The summed E-state index contributed by atoms with van der Waals surface area (Å²) in [6, 6.07) is 89.7. The molecule has 0 aliphatic rings. The lowest BCUT2D eigenvalue weighted by Crippen LogP contribution is -2.30. The molecule has 0 atom stereocenters. The number of para-hydroxylation sites is 1. The highest BCUT2D eigenvalue weighted by molar-refractivity contribution is 6.09. The highest BCUT2D eigenvalue weighted by atomic mass is 16.3. The Labute approximate surface area is 356 Å². The van der Waals surface area contributed by atoms with Crippen LogP contribution in [0, 0.1) is 0 Å². The van der Waals surface area contributed by atoms with Crippen molar-refractivity contribution in [3.8, 4) is 22.3 Å². The van der Waals surface area contributed by atoms with Gasteiger partial charge in [-0.3, -0.25) is 0 Å². The van der Waals surface area contributed by atoms with Gasteiger partial charge in [0.05, 0.1) is 11.1 Å². The van der Waals surface area contributed by atoms with Crippen molar-refractivity contribution < 1.29 is 4.42 Å². The van der Waals surface area contributed by atoms with Gasteiger partial charge >= 0.3 is 0 Å². The summed E-state index contributed by atoms with van der Waals surface area (Å²) in [5, 5.41) is 4.55. The van der Waals surface area contributed by atoms with Gasteiger partial charge in [0, 0.05) is 27.5 Å². The Morgan fingerprint density at radius 1 is 0.295 bits per heavy atom. The quantitative estimate of drug-likeness (QED) is 0.136. The van der Waals surface area contributed by atoms with Gasteiger partial charge in [0.2, 0.25) is 0 Å². The third-order valence-corrected chi connectivity index (χ3v) is 12.2. The van der Waals surface area contributed by atoms with E-state index in [4.69, 9.17) is 4.42 Å². The molecule has 11 rings (SSSR count). The summed E-state index contributed by atoms with van der Waals surface area (Å²) in [6.07, 6.45) is 0. The largest absolute Gasteiger partial charge is 0.456 e. The van der Waals surface area contributed by atoms with Gasteiger partial charge in [-0.1, -0.05) is 206 Å². The zero-order chi connectivity index (χ0) is 40.6. The average molecular weight is 780 g/mol. The minimum absolute atomic E-state index is 0.509. The van der Waals surface area contributed by atoms with Gasteiger partial charge in [-0.15, -0.1) is 0 Å². The molecule has 0 amide bonds. The minimum Gasteiger partial charge on any atom is -0.456 e. The van der Waals surface area contributed by atoms with Crippen molar-refractivity contribution in [1.29, 1.82) is 0 Å². The van der Waals surface area contributed by atoms with Crippen molar-refractivity contribution in [3.05, 3.63) is 271 Å². The second-order valence-electron chi connectivity index (χ2n) is 15.6. The van der Waals surface area contributed by atoms with Gasteiger partial charge in [0.25, 0.3) is 0 Å². The number of anilines is 3. The number of fused-ring (bicyclic) bond motifs is 4. The van der Waals surface area contributed by atoms with Crippen molar-refractivity contribution in [2.75, 3.05) is 4.90 Å². The molecule has 10 aromatic carbocycles. The number of hydrogen-bond acceptors (Lipinski definition) is 2. The molecule has 1 aromatic heterocycles. The van der Waals surface area contributed by atoms with Crippen molar-refractivity contribution in [2.24, 2.45) is 0 Å². The molecule has 0 N–H and O–H groups in total. The van der Waals surface area contributed by atoms with E-state index < -0.39 is 5.41 Å². The molecule has 0 radical (unpaired) electrons. The predicted octanol–water partition coefficient (Wildman–Crippen LogP) is 15.9. The second-order valence-corrected chi connectivity index (χ2v) is 15.6. The maximum absolute atomic E-state index is 6.30. The first-order valence-electron chi connectivity index (χ1n) is 20.9. The topological polar surface area (TPSA) is 16.4 Å². The van der Waals surface area contributed by atoms with E-state index in [1.807, 2.05) is 12.1 Å². The molecule has 0 bridgehead atoms. The fraction of sp³-hybridized carbons (Fsp3) is 0.0169. The number of hydrogen-bond donors (Lipinski definition) is 0. The van der Waals surface area contributed by atoms with Crippen LogP contribution in [0.25, 0.3) is 55.0 Å². The normalized spacial score (nSPS) is 11.6. The van der Waals surface area contributed by atoms with E-state index in [2.05, 4.69) is 241 Å². The maximum Gasteiger partial charge on any atom is 0.135 e. The van der Waals surface area contributed by atoms with Crippen LogP contribution in [-0.4, -0.2) is 0 Å². The van der Waals surface area contributed by atoms with E-state index >= 15 is 0 Å². The van der Waals surface area contributed by atoms with Crippen LogP contribution in [0.5, 0.6) is 0 Å². The molecule has 0 spiro atoms. The zero-order valence-corrected chi connectivity index (χ0v) is 33.5. The summed E-state index contributed by atoms with van der Waals surface area (Å²) < 4.78 is 6.30. The van der Waals surface area contributed by atoms with Gasteiger partial charge in [-0.05, 0) is 92.4 Å². The number of rotatable bonds is 9. The molecule has 1 heterocycles. The standard InChI is InChI=1S/C59H41NO/c1-5-18-42(19-6-1)44-20-17-27-49(40-44)60(50-36-39-58-55(41-50)54-30-15-16-31-57(54)61-58)56-38-37-51(52-28-13-14-29-53(52)56)43-32-34-48(35-33-43)59(45-21-7-2-8-22-45,46-23-9-3-10-24-46)47-25-11-4-12-26-47/h1-41H. The van der Waals surface area contributed by atoms with Crippen LogP contribution in [0.2, 0.25) is 0 Å². The van der Waals surface area contributed by atoms with E-state index in [-0.39, 0.29) is 0 Å². The number of nitrogens with zero attached hydrogens (tertiary/aromatic N) is 1. The Balaban J connectivity index is 1.08. The molecule has 0 saturated heterocycles. The number of furan rings is 1. The lowest BCUT2D eigenvalue weighted by atomic mass is 9.65. The maximum atomic E-state index is 6.30. The monoisotopic (exact) mass is 779 g/mol. The Morgan fingerprint density at radius 2 is 0.803 bits per heavy atom. The summed E-state index contributed by atoms with van der Waals surface area (Å²) in [7, 11) is 0. The fourth-order valence-electron chi connectivity index (χ4n) is 9.43. The molecule has 288 valence electrons. The van der Waals surface area contributed by atoms with Crippen molar-refractivity contribution in [3.63, 3.8) is 0 Å². The van der Waals surface area contributed by atoms with Crippen molar-refractivity contribution >= 4 is 49.8 Å². The van der Waals surface area contributed by atoms with Crippen LogP contribution >= 0.6 is 0 Å². The highest BCUT2D eigenvalue weighted by Gasteiger charge is 2.38. The Morgan fingerprint density at radius 3 is 1.46 bits per heavy atom. The summed E-state index contributed by atoms with van der Waals surface area (Å²) in [4.78, 5) is 2.40. The Hall–Kier alpha value is -7.94. The van der Waals surface area contributed by atoms with Crippen LogP contribution in [-0.2, 0) is 5.41 Å². The van der Waals surface area contributed by atoms with Crippen molar-refractivity contribution in [1.82, 2.24) is 0 Å². The van der Waals surface area contributed by atoms with Crippen LogP contribution in [0.4, 0.5) is 17.1 Å². The van der Waals surface area contributed by atoms with Crippen LogP contribution in [0.15, 0.2) is 253 Å². The van der Waals surface area contributed by atoms with Gasteiger partial charge in [-0.25, -0.2) is 0 Å². The van der Waals surface area contributed by atoms with Crippen LogP contribution < -0.4 is 4.90 Å². The van der Waals surface area contributed by atoms with E-state index in [9.17, 15) is 0 Å². The first-order valence-corrected chi connectivity index (χ1v) is 20.9. The molecule has 0 unspecified atom stereocenters. The van der Waals surface area contributed by atoms with Crippen LogP contribution in [0.1, 0.15) is 22.3 Å². The zero-order valence-electron chi connectivity index (χ0n) is 33.5. The second kappa shape index (κ2) is 15.3. The molecular weight excluding hydrogens is 739 g/mol. The first kappa shape index (κ1) is 36.2. The Bertz CT molecular complexity index is 3180. The molecule has 2 heteroatoms. The molecule has 0 aliphatic heterocycles. The Kier molecular flexibility index (Phi) is 9.09. The molecule has 2 nitrogen and oxygen atoms in total. The molecule has 61 heavy (non-hydrogen) atoms. The lowest BCUT2D eigenvalue weighted by Gasteiger charge is -2.37. The molecular formula is C59H41NO. The minimum atomic E-state index is -0.509. The van der Waals surface area contributed by atoms with E-state index in [0.29, 0.717) is 0 Å². The summed E-state index contributed by atoms with van der Waals surface area (Å²) in [6.45, 7) is 0. The van der Waals surface area contributed by atoms with E-state index in [1.165, 1.54) is 49.7 Å². The summed E-state index contributed by atoms with van der Waals surface area (Å²) >= 11 is 0. The first-order chi connectivity index (χ1) is 30.3. The number of benzene rings is 10. The third-order valence-electron chi connectivity index (χ3n) is 12.2. The van der Waals surface area contributed by atoms with E-state index in [1.54, 1.807) is 0 Å². The van der Waals surface area contributed by atoms with E-state index in [0.717, 1.165) is 44.6 Å². The van der Waals surface area contributed by atoms with Gasteiger partial charge < -0.3 is 9.32 Å². The molecule has 0 fully saturated rings.